The standard InChI is InChI=1S/C18H27N3O2.ClH/c1-14(15-6-5-10-20-13-15)12-18(23)21(11-9-17(19)22)16-7-3-2-4-8-16;/h2-4,7-8,14-15,20H,5-6,9-13H2,1H3,(H2,19,22);1H. The third-order valence-electron chi connectivity index (χ3n) is 4.59. The van der Waals surface area contributed by atoms with Crippen LogP contribution in [0.1, 0.15) is 32.6 Å². The molecule has 1 aromatic carbocycles. The van der Waals surface area contributed by atoms with E-state index in [-0.39, 0.29) is 30.6 Å². The predicted molar refractivity (Wildman–Crippen MR) is 99.2 cm³/mol. The van der Waals surface area contributed by atoms with Crippen molar-refractivity contribution in [2.75, 3.05) is 24.5 Å². The molecule has 0 aromatic heterocycles. The second kappa shape index (κ2) is 10.3. The Bertz CT molecular complexity index is 518. The smallest absolute Gasteiger partial charge is 0.227 e. The lowest BCUT2D eigenvalue weighted by atomic mass is 9.85. The lowest BCUT2D eigenvalue weighted by Crippen LogP contribution is -2.38. The minimum absolute atomic E-state index is 0. The van der Waals surface area contributed by atoms with Crippen molar-refractivity contribution < 1.29 is 9.59 Å². The molecule has 6 heteroatoms. The van der Waals surface area contributed by atoms with E-state index in [1.165, 1.54) is 12.8 Å². The van der Waals surface area contributed by atoms with E-state index in [4.69, 9.17) is 5.73 Å². The Hall–Kier alpha value is -1.59. The fourth-order valence-electron chi connectivity index (χ4n) is 3.14. The van der Waals surface area contributed by atoms with Gasteiger partial charge >= 0.3 is 0 Å². The van der Waals surface area contributed by atoms with Crippen LogP contribution in [0.15, 0.2) is 30.3 Å². The molecule has 0 spiro atoms. The lowest BCUT2D eigenvalue weighted by Gasteiger charge is -2.30. The van der Waals surface area contributed by atoms with E-state index in [1.54, 1.807) is 4.90 Å². The Morgan fingerprint density at radius 1 is 1.33 bits per heavy atom. The number of hydrogen-bond donors (Lipinski definition) is 2. The van der Waals surface area contributed by atoms with Crippen molar-refractivity contribution in [3.05, 3.63) is 30.3 Å². The van der Waals surface area contributed by atoms with E-state index in [9.17, 15) is 9.59 Å². The summed E-state index contributed by atoms with van der Waals surface area (Å²) < 4.78 is 0. The maximum Gasteiger partial charge on any atom is 0.227 e. The quantitative estimate of drug-likeness (QED) is 0.790. The number of benzene rings is 1. The van der Waals surface area contributed by atoms with E-state index in [0.717, 1.165) is 18.8 Å². The SMILES string of the molecule is CC(CC(=O)N(CCC(N)=O)c1ccccc1)C1CCCNC1.Cl. The summed E-state index contributed by atoms with van der Waals surface area (Å²) in [6.07, 6.45) is 3.03. The molecule has 1 saturated heterocycles. The van der Waals surface area contributed by atoms with E-state index in [0.29, 0.717) is 24.8 Å². The van der Waals surface area contributed by atoms with Crippen LogP contribution in [0.25, 0.3) is 0 Å². The molecule has 2 rings (SSSR count). The first-order valence-electron chi connectivity index (χ1n) is 8.42. The highest BCUT2D eigenvalue weighted by Gasteiger charge is 2.25. The maximum absolute atomic E-state index is 12.8. The molecule has 1 aliphatic rings. The number of halogens is 1. The van der Waals surface area contributed by atoms with Gasteiger partial charge in [-0.05, 0) is 49.9 Å². The minimum Gasteiger partial charge on any atom is -0.370 e. The molecule has 2 amide bonds. The summed E-state index contributed by atoms with van der Waals surface area (Å²) in [6.45, 7) is 4.55. The number of carbonyl (C=O) groups excluding carboxylic acids is 2. The van der Waals surface area contributed by atoms with Crippen LogP contribution in [-0.2, 0) is 9.59 Å². The molecule has 24 heavy (non-hydrogen) atoms. The monoisotopic (exact) mass is 353 g/mol. The van der Waals surface area contributed by atoms with E-state index >= 15 is 0 Å². The Morgan fingerprint density at radius 2 is 2.04 bits per heavy atom. The van der Waals surface area contributed by atoms with Crippen LogP contribution >= 0.6 is 12.4 Å². The molecular weight excluding hydrogens is 326 g/mol. The van der Waals surface area contributed by atoms with Gasteiger partial charge in [-0.2, -0.15) is 0 Å². The summed E-state index contributed by atoms with van der Waals surface area (Å²) in [5.41, 5.74) is 6.08. The van der Waals surface area contributed by atoms with E-state index in [2.05, 4.69) is 12.2 Å². The average Bonchev–Trinajstić information content (AvgIpc) is 2.56. The highest BCUT2D eigenvalue weighted by atomic mass is 35.5. The molecule has 1 heterocycles. The van der Waals surface area contributed by atoms with E-state index in [1.807, 2.05) is 30.3 Å². The Labute approximate surface area is 150 Å². The number of nitrogens with zero attached hydrogens (tertiary/aromatic N) is 1. The number of rotatable bonds is 7. The zero-order valence-electron chi connectivity index (χ0n) is 14.2. The number of primary amides is 1. The van der Waals surface area contributed by atoms with Gasteiger partial charge in [0.25, 0.3) is 0 Å². The fraction of sp³-hybridized carbons (Fsp3) is 0.556. The Balaban J connectivity index is 0.00000288. The van der Waals surface area contributed by atoms with Gasteiger partial charge in [-0.3, -0.25) is 9.59 Å². The normalized spacial score (nSPS) is 18.3. The van der Waals surface area contributed by atoms with Gasteiger partial charge in [0, 0.05) is 25.1 Å². The molecule has 134 valence electrons. The van der Waals surface area contributed by atoms with Gasteiger partial charge in [-0.1, -0.05) is 25.1 Å². The van der Waals surface area contributed by atoms with Crippen molar-refractivity contribution in [2.45, 2.75) is 32.6 Å². The van der Waals surface area contributed by atoms with Crippen LogP contribution in [0, 0.1) is 11.8 Å². The topological polar surface area (TPSA) is 75.4 Å². The first-order chi connectivity index (χ1) is 11.1. The van der Waals surface area contributed by atoms with Gasteiger partial charge in [-0.15, -0.1) is 12.4 Å². The summed E-state index contributed by atoms with van der Waals surface area (Å²) in [6, 6.07) is 9.50. The molecule has 0 saturated carbocycles. The largest absolute Gasteiger partial charge is 0.370 e. The lowest BCUT2D eigenvalue weighted by molar-refractivity contribution is -0.120. The number of para-hydroxylation sites is 1. The zero-order valence-corrected chi connectivity index (χ0v) is 15.1. The van der Waals surface area contributed by atoms with Gasteiger partial charge in [0.2, 0.25) is 11.8 Å². The summed E-state index contributed by atoms with van der Waals surface area (Å²) >= 11 is 0. The third kappa shape index (κ3) is 6.13. The number of nitrogens with two attached hydrogens (primary N) is 1. The first-order valence-corrected chi connectivity index (χ1v) is 8.42. The number of carbonyl (C=O) groups is 2. The van der Waals surface area contributed by atoms with Gasteiger partial charge in [0.05, 0.1) is 0 Å². The van der Waals surface area contributed by atoms with Crippen molar-refractivity contribution in [3.63, 3.8) is 0 Å². The molecule has 3 N–H and O–H groups in total. The van der Waals surface area contributed by atoms with Crippen LogP contribution in [0.2, 0.25) is 0 Å². The highest BCUT2D eigenvalue weighted by Crippen LogP contribution is 2.24. The first kappa shape index (κ1) is 20.5. The van der Waals surface area contributed by atoms with Crippen LogP contribution in [0.4, 0.5) is 5.69 Å². The summed E-state index contributed by atoms with van der Waals surface area (Å²) in [5.74, 6) is 0.551. The molecule has 5 nitrogen and oxygen atoms in total. The van der Waals surface area contributed by atoms with Crippen molar-refractivity contribution >= 4 is 29.9 Å². The molecular formula is C18H28ClN3O2. The molecule has 0 bridgehead atoms. The number of amides is 2. The molecule has 1 aliphatic heterocycles. The molecule has 2 unspecified atom stereocenters. The molecule has 0 radical (unpaired) electrons. The fourth-order valence-corrected chi connectivity index (χ4v) is 3.14. The van der Waals surface area contributed by atoms with Gasteiger partial charge in [-0.25, -0.2) is 0 Å². The second-order valence-corrected chi connectivity index (χ2v) is 6.39. The summed E-state index contributed by atoms with van der Waals surface area (Å²) in [7, 11) is 0. The average molecular weight is 354 g/mol. The number of nitrogens with one attached hydrogen (secondary N) is 1. The maximum atomic E-state index is 12.8. The Kier molecular flexibility index (Phi) is 8.79. The minimum atomic E-state index is -0.386. The predicted octanol–water partition coefficient (Wildman–Crippen LogP) is 2.34. The van der Waals surface area contributed by atoms with Crippen molar-refractivity contribution in [1.82, 2.24) is 5.32 Å². The van der Waals surface area contributed by atoms with Crippen LogP contribution in [0.5, 0.6) is 0 Å². The number of piperidine rings is 1. The van der Waals surface area contributed by atoms with Gasteiger partial charge < -0.3 is 16.0 Å². The zero-order chi connectivity index (χ0) is 16.7. The van der Waals surface area contributed by atoms with E-state index < -0.39 is 0 Å². The second-order valence-electron chi connectivity index (χ2n) is 6.39. The van der Waals surface area contributed by atoms with Gasteiger partial charge in [0.15, 0.2) is 0 Å². The number of anilines is 1. The van der Waals surface area contributed by atoms with Gasteiger partial charge in [0.1, 0.15) is 0 Å². The summed E-state index contributed by atoms with van der Waals surface area (Å²) in [5, 5.41) is 3.40. The molecule has 0 aliphatic carbocycles. The molecule has 1 aromatic rings. The van der Waals surface area contributed by atoms with Crippen molar-refractivity contribution in [2.24, 2.45) is 17.6 Å². The molecule has 1 fully saturated rings. The van der Waals surface area contributed by atoms with Crippen LogP contribution in [0.3, 0.4) is 0 Å². The highest BCUT2D eigenvalue weighted by molar-refractivity contribution is 5.94. The van der Waals surface area contributed by atoms with Crippen LogP contribution < -0.4 is 16.0 Å². The third-order valence-corrected chi connectivity index (χ3v) is 4.59. The molecule has 2 atom stereocenters. The Morgan fingerprint density at radius 3 is 2.62 bits per heavy atom. The van der Waals surface area contributed by atoms with Crippen LogP contribution in [-0.4, -0.2) is 31.4 Å². The van der Waals surface area contributed by atoms with Crippen molar-refractivity contribution in [3.8, 4) is 0 Å². The number of hydrogen-bond acceptors (Lipinski definition) is 3. The summed E-state index contributed by atoms with van der Waals surface area (Å²) in [4.78, 5) is 25.6. The van der Waals surface area contributed by atoms with Crippen molar-refractivity contribution in [1.29, 1.82) is 0 Å².